The minimum Gasteiger partial charge on any atom is -0.396 e. The molecule has 14 heavy (non-hydrogen) atoms. The average molecular weight is 198 g/mol. The third-order valence-electron chi connectivity index (χ3n) is 2.61. The molecule has 2 nitrogen and oxygen atoms in total. The Bertz CT molecular complexity index is 166. The maximum Gasteiger partial charge on any atom is 0.0877 e. The zero-order valence-electron chi connectivity index (χ0n) is 9.11. The molecule has 0 radical (unpaired) electrons. The lowest BCUT2D eigenvalue weighted by atomic mass is 10.1. The van der Waals surface area contributed by atoms with Crippen molar-refractivity contribution in [3.8, 4) is 0 Å². The van der Waals surface area contributed by atoms with E-state index in [-0.39, 0.29) is 6.61 Å². The SMILES string of the molecule is CCCCC/C=C\C[C@@H]1O[C@@H]1CCO. The second-order valence-electron chi connectivity index (χ2n) is 3.93. The van der Waals surface area contributed by atoms with Crippen LogP contribution in [0.3, 0.4) is 0 Å². The molecule has 1 saturated heterocycles. The van der Waals surface area contributed by atoms with Crippen molar-refractivity contribution in [3.05, 3.63) is 12.2 Å². The molecule has 0 aliphatic carbocycles. The Balaban J connectivity index is 1.89. The van der Waals surface area contributed by atoms with Crippen molar-refractivity contribution in [3.63, 3.8) is 0 Å². The molecule has 0 saturated carbocycles. The number of aliphatic hydroxyl groups excluding tert-OH is 1. The van der Waals surface area contributed by atoms with Crippen LogP contribution in [0.5, 0.6) is 0 Å². The first kappa shape index (κ1) is 11.7. The fraction of sp³-hybridized carbons (Fsp3) is 0.833. The summed E-state index contributed by atoms with van der Waals surface area (Å²) < 4.78 is 5.37. The summed E-state index contributed by atoms with van der Waals surface area (Å²) in [7, 11) is 0. The van der Waals surface area contributed by atoms with E-state index in [2.05, 4.69) is 19.1 Å². The maximum atomic E-state index is 8.67. The standard InChI is InChI=1S/C12H22O2/c1-2-3-4-5-6-7-8-11-12(14-11)9-10-13/h6-7,11-13H,2-5,8-10H2,1H3/b7-6-/t11-,12+/m0/s1. The second kappa shape index (κ2) is 7.02. The molecule has 1 aliphatic rings. The molecule has 0 aromatic rings. The van der Waals surface area contributed by atoms with Crippen LogP contribution in [0, 0.1) is 0 Å². The summed E-state index contributed by atoms with van der Waals surface area (Å²) in [6.07, 6.45) is 12.2. The molecular formula is C12H22O2. The largest absolute Gasteiger partial charge is 0.396 e. The van der Waals surface area contributed by atoms with Crippen molar-refractivity contribution < 1.29 is 9.84 Å². The van der Waals surface area contributed by atoms with Crippen LogP contribution in [0.2, 0.25) is 0 Å². The van der Waals surface area contributed by atoms with E-state index in [0.29, 0.717) is 12.2 Å². The highest BCUT2D eigenvalue weighted by molar-refractivity contribution is 4.93. The second-order valence-corrected chi connectivity index (χ2v) is 3.93. The number of allylic oxidation sites excluding steroid dienone is 1. The van der Waals surface area contributed by atoms with Gasteiger partial charge in [0.25, 0.3) is 0 Å². The van der Waals surface area contributed by atoms with E-state index < -0.39 is 0 Å². The predicted molar refractivity (Wildman–Crippen MR) is 58.3 cm³/mol. The van der Waals surface area contributed by atoms with E-state index in [1.54, 1.807) is 0 Å². The van der Waals surface area contributed by atoms with Crippen LogP contribution in [0.25, 0.3) is 0 Å². The van der Waals surface area contributed by atoms with Crippen molar-refractivity contribution >= 4 is 0 Å². The van der Waals surface area contributed by atoms with Gasteiger partial charge in [-0.2, -0.15) is 0 Å². The summed E-state index contributed by atoms with van der Waals surface area (Å²) in [5.74, 6) is 0. The molecule has 0 aromatic carbocycles. The van der Waals surface area contributed by atoms with Crippen LogP contribution >= 0.6 is 0 Å². The summed E-state index contributed by atoms with van der Waals surface area (Å²) >= 11 is 0. The number of ether oxygens (including phenoxy) is 1. The van der Waals surface area contributed by atoms with E-state index in [1.165, 1.54) is 25.7 Å². The molecule has 0 spiro atoms. The Hall–Kier alpha value is -0.340. The smallest absolute Gasteiger partial charge is 0.0877 e. The Kier molecular flexibility index (Phi) is 5.88. The lowest BCUT2D eigenvalue weighted by Gasteiger charge is -1.91. The molecule has 1 rings (SSSR count). The quantitative estimate of drug-likeness (QED) is 0.369. The number of hydrogen-bond donors (Lipinski definition) is 1. The first-order chi connectivity index (χ1) is 6.88. The van der Waals surface area contributed by atoms with Gasteiger partial charge in [-0.25, -0.2) is 0 Å². The highest BCUT2D eigenvalue weighted by Gasteiger charge is 2.36. The summed E-state index contributed by atoms with van der Waals surface area (Å²) in [5, 5.41) is 8.67. The minimum absolute atomic E-state index is 0.251. The maximum absolute atomic E-state index is 8.67. The Morgan fingerprint density at radius 3 is 2.79 bits per heavy atom. The van der Waals surface area contributed by atoms with Gasteiger partial charge in [0.15, 0.2) is 0 Å². The first-order valence-electron chi connectivity index (χ1n) is 5.79. The zero-order chi connectivity index (χ0) is 10.2. The Labute approximate surface area is 87.0 Å². The number of aliphatic hydroxyl groups is 1. The molecular weight excluding hydrogens is 176 g/mol. The molecule has 1 heterocycles. The van der Waals surface area contributed by atoms with Crippen molar-refractivity contribution in [2.24, 2.45) is 0 Å². The van der Waals surface area contributed by atoms with Crippen LogP contribution in [0.1, 0.15) is 45.4 Å². The fourth-order valence-corrected chi connectivity index (χ4v) is 1.63. The van der Waals surface area contributed by atoms with Crippen LogP contribution in [-0.2, 0) is 4.74 Å². The summed E-state index contributed by atoms with van der Waals surface area (Å²) in [6, 6.07) is 0. The van der Waals surface area contributed by atoms with Gasteiger partial charge in [0.2, 0.25) is 0 Å². The van der Waals surface area contributed by atoms with Gasteiger partial charge in [-0.15, -0.1) is 0 Å². The number of epoxide rings is 1. The van der Waals surface area contributed by atoms with Crippen molar-refractivity contribution in [2.75, 3.05) is 6.61 Å². The summed E-state index contributed by atoms with van der Waals surface area (Å²) in [4.78, 5) is 0. The third kappa shape index (κ3) is 4.77. The predicted octanol–water partition coefficient (Wildman–Crippen LogP) is 2.66. The molecule has 2 heteroatoms. The van der Waals surface area contributed by atoms with E-state index in [9.17, 15) is 0 Å². The molecule has 1 fully saturated rings. The molecule has 0 bridgehead atoms. The molecule has 0 unspecified atom stereocenters. The van der Waals surface area contributed by atoms with E-state index >= 15 is 0 Å². The van der Waals surface area contributed by atoms with Crippen LogP contribution in [-0.4, -0.2) is 23.9 Å². The van der Waals surface area contributed by atoms with Gasteiger partial charge in [-0.3, -0.25) is 0 Å². The van der Waals surface area contributed by atoms with E-state index in [1.807, 2.05) is 0 Å². The fourth-order valence-electron chi connectivity index (χ4n) is 1.63. The van der Waals surface area contributed by atoms with Gasteiger partial charge in [0, 0.05) is 6.61 Å². The van der Waals surface area contributed by atoms with Crippen molar-refractivity contribution in [1.82, 2.24) is 0 Å². The highest BCUT2D eigenvalue weighted by Crippen LogP contribution is 2.28. The lowest BCUT2D eigenvalue weighted by Crippen LogP contribution is -1.95. The monoisotopic (exact) mass is 198 g/mol. The number of unbranched alkanes of at least 4 members (excludes halogenated alkanes) is 3. The lowest BCUT2D eigenvalue weighted by molar-refractivity contribution is 0.262. The van der Waals surface area contributed by atoms with Crippen LogP contribution in [0.15, 0.2) is 12.2 Å². The molecule has 1 aliphatic heterocycles. The van der Waals surface area contributed by atoms with E-state index in [4.69, 9.17) is 9.84 Å². The Morgan fingerprint density at radius 1 is 1.21 bits per heavy atom. The number of hydrogen-bond acceptors (Lipinski definition) is 2. The summed E-state index contributed by atoms with van der Waals surface area (Å²) in [6.45, 7) is 2.47. The molecule has 0 amide bonds. The molecule has 2 atom stereocenters. The first-order valence-corrected chi connectivity index (χ1v) is 5.79. The number of rotatable bonds is 8. The normalized spacial score (nSPS) is 25.9. The molecule has 0 aromatic heterocycles. The highest BCUT2D eigenvalue weighted by atomic mass is 16.6. The zero-order valence-corrected chi connectivity index (χ0v) is 9.11. The average Bonchev–Trinajstić information content (AvgIpc) is 2.91. The minimum atomic E-state index is 0.251. The van der Waals surface area contributed by atoms with E-state index in [0.717, 1.165) is 12.8 Å². The topological polar surface area (TPSA) is 32.8 Å². The third-order valence-corrected chi connectivity index (χ3v) is 2.61. The van der Waals surface area contributed by atoms with Crippen molar-refractivity contribution in [1.29, 1.82) is 0 Å². The Morgan fingerprint density at radius 2 is 2.07 bits per heavy atom. The van der Waals surface area contributed by atoms with Crippen LogP contribution < -0.4 is 0 Å². The molecule has 1 N–H and O–H groups in total. The van der Waals surface area contributed by atoms with Gasteiger partial charge in [-0.05, 0) is 25.7 Å². The summed E-state index contributed by atoms with van der Waals surface area (Å²) in [5.41, 5.74) is 0. The van der Waals surface area contributed by atoms with Gasteiger partial charge in [0.1, 0.15) is 0 Å². The van der Waals surface area contributed by atoms with Gasteiger partial charge in [-0.1, -0.05) is 31.9 Å². The van der Waals surface area contributed by atoms with Crippen LogP contribution in [0.4, 0.5) is 0 Å². The molecule has 82 valence electrons. The van der Waals surface area contributed by atoms with Gasteiger partial charge in [0.05, 0.1) is 12.2 Å². The van der Waals surface area contributed by atoms with Crippen molar-refractivity contribution in [2.45, 2.75) is 57.7 Å². The van der Waals surface area contributed by atoms with Gasteiger partial charge >= 0.3 is 0 Å². The van der Waals surface area contributed by atoms with Gasteiger partial charge < -0.3 is 9.84 Å².